The molecule has 2 aromatic rings. The average molecular weight is 328 g/mol. The second kappa shape index (κ2) is 6.99. The smallest absolute Gasteiger partial charge is 0.127 e. The van der Waals surface area contributed by atoms with E-state index in [0.29, 0.717) is 11.1 Å². The lowest BCUT2D eigenvalue weighted by Crippen LogP contribution is -2.31. The number of fused-ring (bicyclic) bond motifs is 1. The molecule has 0 aliphatic heterocycles. The Kier molecular flexibility index (Phi) is 5.53. The molecule has 0 amide bonds. The molecular formula is C16H23Cl2N3. The maximum atomic E-state index is 6.29. The largest absolute Gasteiger partial charge is 0.325 e. The SMILES string of the molecule is CCC(C)N(C)CCn1c(C(C)Cl)nc2cc(Cl)ccc21. The molecule has 3 nitrogen and oxygen atoms in total. The van der Waals surface area contributed by atoms with Crippen LogP contribution < -0.4 is 0 Å². The van der Waals surface area contributed by atoms with E-state index in [2.05, 4.69) is 35.3 Å². The Morgan fingerprint density at radius 2 is 2.05 bits per heavy atom. The highest BCUT2D eigenvalue weighted by Gasteiger charge is 2.16. The first kappa shape index (κ1) is 16.6. The summed E-state index contributed by atoms with van der Waals surface area (Å²) in [5.41, 5.74) is 2.01. The number of imidazole rings is 1. The fourth-order valence-corrected chi connectivity index (χ4v) is 2.78. The molecule has 0 aliphatic carbocycles. The predicted octanol–water partition coefficient (Wildman–Crippen LogP) is 4.72. The van der Waals surface area contributed by atoms with Crippen molar-refractivity contribution >= 4 is 34.2 Å². The molecule has 0 bridgehead atoms. The fraction of sp³-hybridized carbons (Fsp3) is 0.562. The highest BCUT2D eigenvalue weighted by molar-refractivity contribution is 6.31. The molecule has 0 saturated carbocycles. The molecule has 5 heteroatoms. The minimum absolute atomic E-state index is 0.120. The zero-order valence-corrected chi connectivity index (χ0v) is 14.6. The van der Waals surface area contributed by atoms with Crippen molar-refractivity contribution in [2.24, 2.45) is 0 Å². The van der Waals surface area contributed by atoms with E-state index in [0.717, 1.165) is 36.4 Å². The normalized spacial score (nSPS) is 14.8. The molecule has 0 aliphatic rings. The van der Waals surface area contributed by atoms with Gasteiger partial charge in [0.25, 0.3) is 0 Å². The standard InChI is InChI=1S/C16H23Cl2N3/c1-5-11(2)20(4)8-9-21-15-7-6-13(18)10-14(15)19-16(21)12(3)17/h6-7,10-12H,5,8-9H2,1-4H3. The summed E-state index contributed by atoms with van der Waals surface area (Å²) in [6.07, 6.45) is 1.15. The van der Waals surface area contributed by atoms with Crippen LogP contribution in [0.1, 0.15) is 38.4 Å². The number of hydrogen-bond donors (Lipinski definition) is 0. The van der Waals surface area contributed by atoms with E-state index < -0.39 is 0 Å². The van der Waals surface area contributed by atoms with E-state index in [-0.39, 0.29) is 5.38 Å². The second-order valence-corrected chi connectivity index (χ2v) is 6.70. The number of benzene rings is 1. The highest BCUT2D eigenvalue weighted by atomic mass is 35.5. The summed E-state index contributed by atoms with van der Waals surface area (Å²) in [4.78, 5) is 7.01. The third-order valence-electron chi connectivity index (χ3n) is 4.12. The number of halogens is 2. The van der Waals surface area contributed by atoms with Crippen LogP contribution >= 0.6 is 23.2 Å². The third-order valence-corrected chi connectivity index (χ3v) is 4.55. The van der Waals surface area contributed by atoms with Crippen molar-refractivity contribution < 1.29 is 0 Å². The van der Waals surface area contributed by atoms with E-state index in [1.807, 2.05) is 25.1 Å². The van der Waals surface area contributed by atoms with Crippen LogP contribution in [0.5, 0.6) is 0 Å². The molecular weight excluding hydrogens is 305 g/mol. The van der Waals surface area contributed by atoms with Crippen molar-refractivity contribution in [1.29, 1.82) is 0 Å². The lowest BCUT2D eigenvalue weighted by molar-refractivity contribution is 0.242. The first-order valence-corrected chi connectivity index (χ1v) is 8.25. The zero-order chi connectivity index (χ0) is 15.6. The quantitative estimate of drug-likeness (QED) is 0.716. The van der Waals surface area contributed by atoms with E-state index in [4.69, 9.17) is 23.2 Å². The maximum Gasteiger partial charge on any atom is 0.127 e. The first-order valence-electron chi connectivity index (χ1n) is 7.44. The topological polar surface area (TPSA) is 21.1 Å². The molecule has 2 unspecified atom stereocenters. The molecule has 2 rings (SSSR count). The lowest BCUT2D eigenvalue weighted by atomic mass is 10.2. The molecule has 116 valence electrons. The Bertz CT molecular complexity index is 607. The highest BCUT2D eigenvalue weighted by Crippen LogP contribution is 2.26. The minimum Gasteiger partial charge on any atom is -0.325 e. The van der Waals surface area contributed by atoms with Crippen molar-refractivity contribution in [3.05, 3.63) is 29.0 Å². The van der Waals surface area contributed by atoms with Gasteiger partial charge in [0, 0.05) is 24.2 Å². The van der Waals surface area contributed by atoms with Crippen molar-refractivity contribution in [3.63, 3.8) is 0 Å². The van der Waals surface area contributed by atoms with Gasteiger partial charge in [-0.1, -0.05) is 18.5 Å². The second-order valence-electron chi connectivity index (χ2n) is 5.61. The summed E-state index contributed by atoms with van der Waals surface area (Å²) in [6, 6.07) is 6.40. The van der Waals surface area contributed by atoms with Crippen LogP contribution in [0.3, 0.4) is 0 Å². The number of alkyl halides is 1. The van der Waals surface area contributed by atoms with Gasteiger partial charge in [0.2, 0.25) is 0 Å². The average Bonchev–Trinajstić information content (AvgIpc) is 2.81. The number of nitrogens with zero attached hydrogens (tertiary/aromatic N) is 3. The summed E-state index contributed by atoms with van der Waals surface area (Å²) in [6.45, 7) is 8.27. The van der Waals surface area contributed by atoms with E-state index in [1.54, 1.807) is 0 Å². The summed E-state index contributed by atoms with van der Waals surface area (Å²) in [5, 5.41) is 0.586. The number of rotatable bonds is 6. The van der Waals surface area contributed by atoms with Gasteiger partial charge in [0.1, 0.15) is 5.82 Å². The Hall–Kier alpha value is -0.770. The number of aromatic nitrogens is 2. The molecule has 0 saturated heterocycles. The van der Waals surface area contributed by atoms with Crippen LogP contribution in [-0.2, 0) is 6.54 Å². The monoisotopic (exact) mass is 327 g/mol. The molecule has 1 aromatic carbocycles. The number of hydrogen-bond acceptors (Lipinski definition) is 2. The predicted molar refractivity (Wildman–Crippen MR) is 91.4 cm³/mol. The van der Waals surface area contributed by atoms with Crippen LogP contribution in [0.4, 0.5) is 0 Å². The van der Waals surface area contributed by atoms with Gasteiger partial charge in [-0.15, -0.1) is 11.6 Å². The molecule has 0 radical (unpaired) electrons. The Labute approximate surface area is 136 Å². The minimum atomic E-state index is -0.120. The molecule has 0 fully saturated rings. The Balaban J connectivity index is 2.30. The van der Waals surface area contributed by atoms with Gasteiger partial charge in [0.15, 0.2) is 0 Å². The molecule has 0 N–H and O–H groups in total. The lowest BCUT2D eigenvalue weighted by Gasteiger charge is -2.24. The van der Waals surface area contributed by atoms with Gasteiger partial charge in [-0.2, -0.15) is 0 Å². The van der Waals surface area contributed by atoms with Crippen LogP contribution in [-0.4, -0.2) is 34.1 Å². The van der Waals surface area contributed by atoms with Gasteiger partial charge in [0.05, 0.1) is 16.4 Å². The molecule has 1 aromatic heterocycles. The Morgan fingerprint density at radius 1 is 1.33 bits per heavy atom. The summed E-state index contributed by atoms with van der Waals surface area (Å²) >= 11 is 12.4. The van der Waals surface area contributed by atoms with E-state index in [9.17, 15) is 0 Å². The van der Waals surface area contributed by atoms with Gasteiger partial charge in [-0.3, -0.25) is 0 Å². The van der Waals surface area contributed by atoms with Gasteiger partial charge >= 0.3 is 0 Å². The van der Waals surface area contributed by atoms with Crippen molar-refractivity contribution in [3.8, 4) is 0 Å². The van der Waals surface area contributed by atoms with Gasteiger partial charge < -0.3 is 9.47 Å². The third kappa shape index (κ3) is 3.71. The van der Waals surface area contributed by atoms with Crippen molar-refractivity contribution in [2.45, 2.75) is 45.2 Å². The summed E-state index contributed by atoms with van der Waals surface area (Å²) in [5.74, 6) is 0.909. The van der Waals surface area contributed by atoms with Crippen LogP contribution in [0.15, 0.2) is 18.2 Å². The van der Waals surface area contributed by atoms with Crippen molar-refractivity contribution in [1.82, 2.24) is 14.5 Å². The van der Waals surface area contributed by atoms with Crippen LogP contribution in [0.25, 0.3) is 11.0 Å². The first-order chi connectivity index (χ1) is 9.93. The Morgan fingerprint density at radius 3 is 2.67 bits per heavy atom. The zero-order valence-electron chi connectivity index (χ0n) is 13.1. The van der Waals surface area contributed by atoms with E-state index in [1.165, 1.54) is 0 Å². The molecule has 2 atom stereocenters. The van der Waals surface area contributed by atoms with E-state index >= 15 is 0 Å². The molecule has 0 spiro atoms. The van der Waals surface area contributed by atoms with Crippen molar-refractivity contribution in [2.75, 3.05) is 13.6 Å². The maximum absolute atomic E-state index is 6.29. The van der Waals surface area contributed by atoms with Gasteiger partial charge in [-0.25, -0.2) is 4.98 Å². The fourth-order valence-electron chi connectivity index (χ4n) is 2.45. The molecule has 21 heavy (non-hydrogen) atoms. The van der Waals surface area contributed by atoms with Gasteiger partial charge in [-0.05, 0) is 45.5 Å². The molecule has 1 heterocycles. The summed E-state index contributed by atoms with van der Waals surface area (Å²) < 4.78 is 2.21. The van der Waals surface area contributed by atoms with Crippen LogP contribution in [0.2, 0.25) is 5.02 Å². The summed E-state index contributed by atoms with van der Waals surface area (Å²) in [7, 11) is 2.16. The van der Waals surface area contributed by atoms with Crippen LogP contribution in [0, 0.1) is 0 Å². The number of likely N-dealkylation sites (N-methyl/N-ethyl adjacent to an activating group) is 1.